The van der Waals surface area contributed by atoms with Gasteiger partial charge in [0.15, 0.2) is 11.5 Å². The van der Waals surface area contributed by atoms with Crippen LogP contribution in [-0.2, 0) is 10.2 Å². The average Bonchev–Trinajstić information content (AvgIpc) is 3.11. The molecule has 1 aliphatic heterocycles. The third kappa shape index (κ3) is 3.56. The minimum atomic E-state index is -0.458. The van der Waals surface area contributed by atoms with E-state index >= 15 is 0 Å². The lowest BCUT2D eigenvalue weighted by molar-refractivity contribution is 0.0593. The molecule has 0 bridgehead atoms. The smallest absolute Gasteiger partial charge is 0.343 e. The number of esters is 1. The molecule has 0 aromatic heterocycles. The van der Waals surface area contributed by atoms with Crippen LogP contribution >= 0.6 is 0 Å². The molecule has 0 amide bonds. The summed E-state index contributed by atoms with van der Waals surface area (Å²) in [5.41, 5.74) is 1.48. The third-order valence-electron chi connectivity index (χ3n) is 6.38. The highest BCUT2D eigenvalue weighted by atomic mass is 19.1. The maximum atomic E-state index is 13.1. The number of hydrogen-bond acceptors (Lipinski definition) is 5. The number of hydrogen-bond donors (Lipinski definition) is 0. The number of rotatable bonds is 5. The van der Waals surface area contributed by atoms with Gasteiger partial charge in [-0.25, -0.2) is 9.18 Å². The summed E-state index contributed by atoms with van der Waals surface area (Å²) in [6.45, 7) is 0.953. The molecule has 30 heavy (non-hydrogen) atoms. The molecule has 0 unspecified atom stereocenters. The lowest BCUT2D eigenvalue weighted by Gasteiger charge is -2.40. The summed E-state index contributed by atoms with van der Waals surface area (Å²) in [7, 11) is 5.37. The standard InChI is InChI=1S/C24H26FNO4/c1-26-13-12-24(17-6-9-20(28-2)21(14-17)29-3)11-10-19(15-22(24)26)30-23(27)16-4-7-18(25)8-5-16/h4-9,14-15,22H,10-13H2,1-3H3/t22-,24-/m0/s1. The molecule has 1 aliphatic carbocycles. The van der Waals surface area contributed by atoms with Crippen LogP contribution in [0.2, 0.25) is 0 Å². The number of fused-ring (bicyclic) bond motifs is 1. The van der Waals surface area contributed by atoms with E-state index in [2.05, 4.69) is 30.2 Å². The Balaban J connectivity index is 1.61. The second kappa shape index (κ2) is 8.11. The van der Waals surface area contributed by atoms with Crippen LogP contribution in [0.15, 0.2) is 54.3 Å². The van der Waals surface area contributed by atoms with Crippen LogP contribution in [-0.4, -0.2) is 44.7 Å². The predicted octanol–water partition coefficient (Wildman–Crippen LogP) is 4.32. The van der Waals surface area contributed by atoms with Crippen LogP contribution in [0.3, 0.4) is 0 Å². The van der Waals surface area contributed by atoms with Gasteiger partial charge in [0.1, 0.15) is 11.6 Å². The number of ether oxygens (including phenoxy) is 3. The van der Waals surface area contributed by atoms with E-state index in [9.17, 15) is 9.18 Å². The monoisotopic (exact) mass is 411 g/mol. The van der Waals surface area contributed by atoms with Crippen molar-refractivity contribution in [3.63, 3.8) is 0 Å². The Hall–Kier alpha value is -2.86. The zero-order valence-corrected chi connectivity index (χ0v) is 17.5. The summed E-state index contributed by atoms with van der Waals surface area (Å²) in [6, 6.07) is 11.6. The summed E-state index contributed by atoms with van der Waals surface area (Å²) in [5, 5.41) is 0. The number of carbonyl (C=O) groups excluding carboxylic acids is 1. The molecule has 2 atom stereocenters. The highest BCUT2D eigenvalue weighted by Gasteiger charge is 2.48. The number of halogens is 1. The van der Waals surface area contributed by atoms with Gasteiger partial charge in [0.2, 0.25) is 0 Å². The van der Waals surface area contributed by atoms with E-state index in [-0.39, 0.29) is 17.3 Å². The third-order valence-corrected chi connectivity index (χ3v) is 6.38. The van der Waals surface area contributed by atoms with Gasteiger partial charge in [0, 0.05) is 17.9 Å². The number of nitrogens with zero attached hydrogens (tertiary/aromatic N) is 1. The molecule has 6 heteroatoms. The first kappa shape index (κ1) is 20.4. The number of likely N-dealkylation sites (tertiary alicyclic amines) is 1. The Morgan fingerprint density at radius 1 is 1.07 bits per heavy atom. The van der Waals surface area contributed by atoms with Crippen LogP contribution < -0.4 is 9.47 Å². The molecule has 1 heterocycles. The Labute approximate surface area is 176 Å². The van der Waals surface area contributed by atoms with Gasteiger partial charge in [-0.05, 0) is 74.5 Å². The van der Waals surface area contributed by atoms with E-state index < -0.39 is 5.97 Å². The van der Waals surface area contributed by atoms with Crippen molar-refractivity contribution in [2.45, 2.75) is 30.7 Å². The lowest BCUT2D eigenvalue weighted by Crippen LogP contribution is -2.42. The highest BCUT2D eigenvalue weighted by molar-refractivity contribution is 5.90. The Kier molecular flexibility index (Phi) is 5.52. The normalized spacial score (nSPS) is 23.5. The lowest BCUT2D eigenvalue weighted by atomic mass is 9.68. The van der Waals surface area contributed by atoms with Crippen LogP contribution in [0, 0.1) is 5.82 Å². The van der Waals surface area contributed by atoms with Gasteiger partial charge in [-0.1, -0.05) is 6.07 Å². The molecule has 1 fully saturated rings. The van der Waals surface area contributed by atoms with E-state index in [0.29, 0.717) is 23.5 Å². The summed E-state index contributed by atoms with van der Waals surface area (Å²) in [4.78, 5) is 14.8. The molecule has 2 aliphatic rings. The first-order chi connectivity index (χ1) is 14.5. The van der Waals surface area contributed by atoms with Crippen molar-refractivity contribution in [1.82, 2.24) is 4.90 Å². The number of methoxy groups -OCH3 is 2. The van der Waals surface area contributed by atoms with Crippen molar-refractivity contribution < 1.29 is 23.4 Å². The molecule has 158 valence electrons. The fraction of sp³-hybridized carbons (Fsp3) is 0.375. The average molecular weight is 411 g/mol. The molecule has 0 spiro atoms. The molecule has 1 saturated heterocycles. The van der Waals surface area contributed by atoms with E-state index in [1.165, 1.54) is 29.8 Å². The van der Waals surface area contributed by atoms with Crippen LogP contribution in [0.25, 0.3) is 0 Å². The first-order valence-electron chi connectivity index (χ1n) is 10.1. The quantitative estimate of drug-likeness (QED) is 0.686. The first-order valence-corrected chi connectivity index (χ1v) is 10.1. The topological polar surface area (TPSA) is 48.0 Å². The summed E-state index contributed by atoms with van der Waals surface area (Å²) in [5.74, 6) is 1.26. The van der Waals surface area contributed by atoms with E-state index in [4.69, 9.17) is 14.2 Å². The maximum Gasteiger partial charge on any atom is 0.343 e. The molecule has 0 saturated carbocycles. The van der Waals surface area contributed by atoms with E-state index in [1.807, 2.05) is 6.07 Å². The molecule has 5 nitrogen and oxygen atoms in total. The van der Waals surface area contributed by atoms with Crippen molar-refractivity contribution >= 4 is 5.97 Å². The number of benzene rings is 2. The van der Waals surface area contributed by atoms with Gasteiger partial charge < -0.3 is 14.2 Å². The minimum Gasteiger partial charge on any atom is -0.493 e. The molecular formula is C24H26FNO4. The van der Waals surface area contributed by atoms with Crippen molar-refractivity contribution in [3.05, 3.63) is 71.2 Å². The van der Waals surface area contributed by atoms with Crippen molar-refractivity contribution in [3.8, 4) is 11.5 Å². The number of allylic oxidation sites excluding steroid dienone is 1. The van der Waals surface area contributed by atoms with Gasteiger partial charge in [-0.3, -0.25) is 4.90 Å². The van der Waals surface area contributed by atoms with Crippen LogP contribution in [0.5, 0.6) is 11.5 Å². The molecule has 2 aromatic carbocycles. The molecular weight excluding hydrogens is 385 g/mol. The van der Waals surface area contributed by atoms with Crippen LogP contribution in [0.4, 0.5) is 4.39 Å². The minimum absolute atomic E-state index is 0.0694. The van der Waals surface area contributed by atoms with Crippen molar-refractivity contribution in [2.24, 2.45) is 0 Å². The van der Waals surface area contributed by atoms with Gasteiger partial charge >= 0.3 is 5.97 Å². The molecule has 0 radical (unpaired) electrons. The van der Waals surface area contributed by atoms with Gasteiger partial charge in [0.05, 0.1) is 19.8 Å². The Morgan fingerprint density at radius 2 is 1.80 bits per heavy atom. The maximum absolute atomic E-state index is 13.1. The van der Waals surface area contributed by atoms with Gasteiger partial charge in [0.25, 0.3) is 0 Å². The fourth-order valence-corrected chi connectivity index (χ4v) is 4.70. The Bertz CT molecular complexity index is 972. The zero-order valence-electron chi connectivity index (χ0n) is 17.5. The van der Waals surface area contributed by atoms with Crippen molar-refractivity contribution in [2.75, 3.05) is 27.8 Å². The molecule has 0 N–H and O–H groups in total. The van der Waals surface area contributed by atoms with Crippen molar-refractivity contribution in [1.29, 1.82) is 0 Å². The Morgan fingerprint density at radius 3 is 2.50 bits per heavy atom. The zero-order chi connectivity index (χ0) is 21.3. The SMILES string of the molecule is COc1ccc([C@@]23CCC(OC(=O)c4ccc(F)cc4)=C[C@@H]2N(C)CC3)cc1OC. The fourth-order valence-electron chi connectivity index (χ4n) is 4.70. The van der Waals surface area contributed by atoms with Gasteiger partial charge in [-0.15, -0.1) is 0 Å². The van der Waals surface area contributed by atoms with Gasteiger partial charge in [-0.2, -0.15) is 0 Å². The second-order valence-electron chi connectivity index (χ2n) is 7.93. The molecule has 2 aromatic rings. The second-order valence-corrected chi connectivity index (χ2v) is 7.93. The summed E-state index contributed by atoms with van der Waals surface area (Å²) in [6.07, 6.45) is 4.60. The summed E-state index contributed by atoms with van der Waals surface area (Å²) < 4.78 is 29.7. The van der Waals surface area contributed by atoms with E-state index in [1.54, 1.807) is 14.2 Å². The van der Waals surface area contributed by atoms with Crippen LogP contribution in [0.1, 0.15) is 35.2 Å². The predicted molar refractivity (Wildman–Crippen MR) is 111 cm³/mol. The largest absolute Gasteiger partial charge is 0.493 e. The molecule has 4 rings (SSSR count). The van der Waals surface area contributed by atoms with E-state index in [0.717, 1.165) is 25.1 Å². The highest BCUT2D eigenvalue weighted by Crippen LogP contribution is 2.49. The number of likely N-dealkylation sites (N-methyl/N-ethyl adjacent to an activating group) is 1. The summed E-state index contributed by atoms with van der Waals surface area (Å²) >= 11 is 0. The number of carbonyl (C=O) groups is 1.